The van der Waals surface area contributed by atoms with Crippen LogP contribution in [0.3, 0.4) is 0 Å². The van der Waals surface area contributed by atoms with Crippen LogP contribution in [0.1, 0.15) is 55.3 Å². The van der Waals surface area contributed by atoms with E-state index in [0.29, 0.717) is 32.2 Å². The number of fused-ring (bicyclic) bond motifs is 1. The Bertz CT molecular complexity index is 1300. The van der Waals surface area contributed by atoms with Crippen LogP contribution < -0.4 is 5.32 Å². The van der Waals surface area contributed by atoms with E-state index in [1.54, 1.807) is 0 Å². The standard InChI is InChI=1S/C29H38N6O3/c1-4-25-32-26-19(2)17-20(3)30-27(26)35(25)18-21-5-9-23(10-6-21)31-24-11-7-22(8-12-24)28(36)33-13-15-34(16-14-33)29(37)38/h5-6,9-10,17,22,24,31H,4,7-8,11-16,18H2,1-3H3,(H,37,38)/t22-,24-. The van der Waals surface area contributed by atoms with Crippen LogP contribution in [0.4, 0.5) is 10.5 Å². The van der Waals surface area contributed by atoms with Crippen molar-refractivity contribution in [1.29, 1.82) is 0 Å². The maximum atomic E-state index is 13.0. The van der Waals surface area contributed by atoms with E-state index in [1.165, 1.54) is 10.5 Å². The third-order valence-corrected chi connectivity index (χ3v) is 8.02. The van der Waals surface area contributed by atoms with Crippen molar-refractivity contribution in [2.75, 3.05) is 31.5 Å². The number of nitrogens with one attached hydrogen (secondary N) is 1. The molecule has 38 heavy (non-hydrogen) atoms. The molecule has 1 aliphatic carbocycles. The highest BCUT2D eigenvalue weighted by molar-refractivity contribution is 5.79. The molecule has 1 aromatic carbocycles. The molecule has 0 radical (unpaired) electrons. The molecule has 2 fully saturated rings. The van der Waals surface area contributed by atoms with Gasteiger partial charge in [0.2, 0.25) is 5.91 Å². The van der Waals surface area contributed by atoms with Crippen LogP contribution in [-0.4, -0.2) is 73.7 Å². The molecule has 9 heteroatoms. The first-order valence-electron chi connectivity index (χ1n) is 13.8. The zero-order valence-corrected chi connectivity index (χ0v) is 22.6. The van der Waals surface area contributed by atoms with Crippen molar-refractivity contribution in [3.63, 3.8) is 0 Å². The molecular formula is C29H38N6O3. The number of carbonyl (C=O) groups is 2. The SMILES string of the molecule is CCc1nc2c(C)cc(C)nc2n1Cc1ccc(N[C@H]2CC[C@H](C(=O)N3CCN(C(=O)O)CC3)CC2)cc1. The highest BCUT2D eigenvalue weighted by atomic mass is 16.4. The largest absolute Gasteiger partial charge is 0.465 e. The van der Waals surface area contributed by atoms with E-state index in [1.807, 2.05) is 11.8 Å². The molecule has 202 valence electrons. The van der Waals surface area contributed by atoms with E-state index >= 15 is 0 Å². The van der Waals surface area contributed by atoms with Crippen molar-refractivity contribution in [3.05, 3.63) is 53.0 Å². The molecule has 0 unspecified atom stereocenters. The second kappa shape index (κ2) is 11.0. The molecule has 1 saturated carbocycles. The first kappa shape index (κ1) is 26.0. The molecule has 2 amide bonds. The minimum absolute atomic E-state index is 0.0467. The summed E-state index contributed by atoms with van der Waals surface area (Å²) in [7, 11) is 0. The molecule has 0 spiro atoms. The van der Waals surface area contributed by atoms with Crippen LogP contribution in [0.25, 0.3) is 11.2 Å². The van der Waals surface area contributed by atoms with Gasteiger partial charge in [0.25, 0.3) is 0 Å². The van der Waals surface area contributed by atoms with Gasteiger partial charge in [-0.25, -0.2) is 14.8 Å². The molecule has 2 aromatic heterocycles. The van der Waals surface area contributed by atoms with Gasteiger partial charge in [0.15, 0.2) is 5.65 Å². The molecule has 3 heterocycles. The summed E-state index contributed by atoms with van der Waals surface area (Å²) >= 11 is 0. The van der Waals surface area contributed by atoms with Crippen LogP contribution in [0.5, 0.6) is 0 Å². The van der Waals surface area contributed by atoms with Gasteiger partial charge in [-0.2, -0.15) is 0 Å². The third-order valence-electron chi connectivity index (χ3n) is 8.02. The average Bonchev–Trinajstić information content (AvgIpc) is 3.27. The summed E-state index contributed by atoms with van der Waals surface area (Å²) in [5.74, 6) is 1.29. The number of piperazine rings is 1. The molecule has 0 atom stereocenters. The van der Waals surface area contributed by atoms with Gasteiger partial charge in [0.1, 0.15) is 11.3 Å². The van der Waals surface area contributed by atoms with Crippen LogP contribution >= 0.6 is 0 Å². The lowest BCUT2D eigenvalue weighted by atomic mass is 9.85. The van der Waals surface area contributed by atoms with E-state index < -0.39 is 6.09 Å². The molecule has 2 N–H and O–H groups in total. The number of carboxylic acid groups (broad SMARTS) is 1. The highest BCUT2D eigenvalue weighted by Crippen LogP contribution is 2.29. The molecule has 0 bridgehead atoms. The van der Waals surface area contributed by atoms with Crippen molar-refractivity contribution in [3.8, 4) is 0 Å². The minimum Gasteiger partial charge on any atom is -0.465 e. The Morgan fingerprint density at radius 2 is 1.63 bits per heavy atom. The predicted octanol–water partition coefficient (Wildman–Crippen LogP) is 4.45. The van der Waals surface area contributed by atoms with Gasteiger partial charge in [-0.1, -0.05) is 19.1 Å². The lowest BCUT2D eigenvalue weighted by molar-refractivity contribution is -0.138. The molecule has 9 nitrogen and oxygen atoms in total. The normalized spacial score (nSPS) is 20.1. The molecule has 2 aliphatic rings. The number of imidazole rings is 1. The van der Waals surface area contributed by atoms with E-state index in [-0.39, 0.29) is 11.8 Å². The van der Waals surface area contributed by atoms with Gasteiger partial charge < -0.3 is 24.8 Å². The number of benzene rings is 1. The summed E-state index contributed by atoms with van der Waals surface area (Å²) in [6, 6.07) is 11.1. The van der Waals surface area contributed by atoms with E-state index in [9.17, 15) is 9.59 Å². The van der Waals surface area contributed by atoms with Crippen molar-refractivity contribution >= 4 is 28.9 Å². The quantitative estimate of drug-likeness (QED) is 0.500. The molecule has 5 rings (SSSR count). The van der Waals surface area contributed by atoms with Crippen molar-refractivity contribution in [2.24, 2.45) is 5.92 Å². The first-order chi connectivity index (χ1) is 18.3. The predicted molar refractivity (Wildman–Crippen MR) is 147 cm³/mol. The van der Waals surface area contributed by atoms with Crippen LogP contribution in [0.2, 0.25) is 0 Å². The maximum Gasteiger partial charge on any atom is 0.407 e. The van der Waals surface area contributed by atoms with Crippen molar-refractivity contribution in [1.82, 2.24) is 24.3 Å². The number of aromatic nitrogens is 3. The smallest absolute Gasteiger partial charge is 0.407 e. The Labute approximate surface area is 223 Å². The molecule has 3 aromatic rings. The fraction of sp³-hybridized carbons (Fsp3) is 0.517. The number of pyridine rings is 1. The number of nitrogens with zero attached hydrogens (tertiary/aromatic N) is 5. The molecular weight excluding hydrogens is 480 g/mol. The number of anilines is 1. The second-order valence-corrected chi connectivity index (χ2v) is 10.7. The van der Waals surface area contributed by atoms with Gasteiger partial charge in [0.05, 0.1) is 6.54 Å². The summed E-state index contributed by atoms with van der Waals surface area (Å²) in [6.45, 7) is 8.81. The van der Waals surface area contributed by atoms with Gasteiger partial charge in [-0.15, -0.1) is 0 Å². The zero-order valence-electron chi connectivity index (χ0n) is 22.6. The Morgan fingerprint density at radius 3 is 2.26 bits per heavy atom. The Kier molecular flexibility index (Phi) is 7.53. The van der Waals surface area contributed by atoms with Crippen molar-refractivity contribution in [2.45, 2.75) is 65.5 Å². The first-order valence-corrected chi connectivity index (χ1v) is 13.8. The summed E-state index contributed by atoms with van der Waals surface area (Å²) in [5, 5.41) is 12.8. The molecule has 1 aliphatic heterocycles. The number of amides is 2. The summed E-state index contributed by atoms with van der Waals surface area (Å²) in [6.07, 6.45) is 3.61. The second-order valence-electron chi connectivity index (χ2n) is 10.7. The van der Waals surface area contributed by atoms with Crippen LogP contribution in [0, 0.1) is 19.8 Å². The van der Waals surface area contributed by atoms with E-state index in [0.717, 1.165) is 72.6 Å². The van der Waals surface area contributed by atoms with Crippen LogP contribution in [-0.2, 0) is 17.8 Å². The number of aryl methyl sites for hydroxylation is 3. The third kappa shape index (κ3) is 5.47. The fourth-order valence-electron chi connectivity index (χ4n) is 5.87. The van der Waals surface area contributed by atoms with Crippen molar-refractivity contribution < 1.29 is 14.7 Å². The maximum absolute atomic E-state index is 13.0. The Balaban J connectivity index is 1.15. The van der Waals surface area contributed by atoms with Gasteiger partial charge in [0, 0.05) is 55.9 Å². The Hall–Kier alpha value is -3.62. The summed E-state index contributed by atoms with van der Waals surface area (Å²) in [5.41, 5.74) is 6.43. The number of carbonyl (C=O) groups excluding carboxylic acids is 1. The number of hydrogen-bond donors (Lipinski definition) is 2. The minimum atomic E-state index is -0.903. The topological polar surface area (TPSA) is 104 Å². The lowest BCUT2D eigenvalue weighted by Gasteiger charge is -2.37. The number of rotatable bonds is 6. The van der Waals surface area contributed by atoms with E-state index in [2.05, 4.69) is 54.1 Å². The van der Waals surface area contributed by atoms with Gasteiger partial charge in [-0.3, -0.25) is 4.79 Å². The summed E-state index contributed by atoms with van der Waals surface area (Å²) in [4.78, 5) is 36.9. The van der Waals surface area contributed by atoms with E-state index in [4.69, 9.17) is 15.1 Å². The van der Waals surface area contributed by atoms with Crippen LogP contribution in [0.15, 0.2) is 30.3 Å². The van der Waals surface area contributed by atoms with Gasteiger partial charge >= 0.3 is 6.09 Å². The van der Waals surface area contributed by atoms with Gasteiger partial charge in [-0.05, 0) is 68.9 Å². The summed E-state index contributed by atoms with van der Waals surface area (Å²) < 4.78 is 2.23. The highest BCUT2D eigenvalue weighted by Gasteiger charge is 2.31. The molecule has 1 saturated heterocycles. The average molecular weight is 519 g/mol. The monoisotopic (exact) mass is 518 g/mol. The zero-order chi connectivity index (χ0) is 26.8. The lowest BCUT2D eigenvalue weighted by Crippen LogP contribution is -2.52. The number of hydrogen-bond acceptors (Lipinski definition) is 5. The fourth-order valence-corrected chi connectivity index (χ4v) is 5.87. The Morgan fingerprint density at radius 1 is 0.974 bits per heavy atom.